The topological polar surface area (TPSA) is 102 Å². The van der Waals surface area contributed by atoms with E-state index in [2.05, 4.69) is 27.4 Å². The minimum Gasteiger partial charge on any atom is -0.508 e. The quantitative estimate of drug-likeness (QED) is 0.268. The van der Waals surface area contributed by atoms with Crippen molar-refractivity contribution in [3.8, 4) is 5.75 Å². The molecule has 0 saturated carbocycles. The molecule has 1 aliphatic heterocycles. The van der Waals surface area contributed by atoms with Crippen molar-refractivity contribution < 1.29 is 19.4 Å². The number of esters is 1. The number of para-hydroxylation sites is 1. The monoisotopic (exact) mass is 563 g/mol. The molecule has 0 radical (unpaired) electrons. The molecule has 0 bridgehead atoms. The fraction of sp³-hybridized carbons (Fsp3) is 0.242. The summed E-state index contributed by atoms with van der Waals surface area (Å²) < 4.78 is 9.48. The van der Waals surface area contributed by atoms with Crippen molar-refractivity contribution in [2.24, 2.45) is 7.05 Å². The van der Waals surface area contributed by atoms with Crippen LogP contribution in [0.3, 0.4) is 0 Å². The van der Waals surface area contributed by atoms with Gasteiger partial charge in [-0.2, -0.15) is 5.10 Å². The van der Waals surface area contributed by atoms with Crippen LogP contribution in [0.25, 0.3) is 10.9 Å². The van der Waals surface area contributed by atoms with E-state index in [0.29, 0.717) is 30.9 Å². The minimum atomic E-state index is -0.458. The number of aryl methyl sites for hydroxylation is 4. The highest BCUT2D eigenvalue weighted by atomic mass is 16.5. The lowest BCUT2D eigenvalue weighted by atomic mass is 10.1. The van der Waals surface area contributed by atoms with E-state index in [1.54, 1.807) is 18.3 Å². The Morgan fingerprint density at radius 1 is 1.07 bits per heavy atom. The summed E-state index contributed by atoms with van der Waals surface area (Å²) in [5.41, 5.74) is 5.63. The first-order valence-corrected chi connectivity index (χ1v) is 14.0. The number of fused-ring (bicyclic) bond motifs is 2. The maximum atomic E-state index is 13.4. The van der Waals surface area contributed by atoms with Crippen molar-refractivity contribution in [2.45, 2.75) is 32.5 Å². The Morgan fingerprint density at radius 2 is 1.86 bits per heavy atom. The average Bonchev–Trinajstić information content (AvgIpc) is 3.54. The van der Waals surface area contributed by atoms with E-state index in [-0.39, 0.29) is 18.3 Å². The molecule has 0 unspecified atom stereocenters. The largest absolute Gasteiger partial charge is 0.508 e. The lowest BCUT2D eigenvalue weighted by Crippen LogP contribution is -2.44. The van der Waals surface area contributed by atoms with Gasteiger partial charge in [-0.3, -0.25) is 9.48 Å². The van der Waals surface area contributed by atoms with E-state index in [1.165, 1.54) is 5.56 Å². The smallest absolute Gasteiger partial charge is 0.340 e. The number of rotatable bonds is 8. The van der Waals surface area contributed by atoms with Gasteiger partial charge in [-0.1, -0.05) is 54.6 Å². The van der Waals surface area contributed by atoms with E-state index in [1.807, 2.05) is 77.9 Å². The number of hydrogen-bond acceptors (Lipinski definition) is 6. The molecular formula is C33H33N5O4. The molecule has 0 spiro atoms. The summed E-state index contributed by atoms with van der Waals surface area (Å²) in [5.74, 6) is -0.536. The Morgan fingerprint density at radius 3 is 2.67 bits per heavy atom. The predicted molar refractivity (Wildman–Crippen MR) is 161 cm³/mol. The number of carbonyl (C=O) groups is 2. The summed E-state index contributed by atoms with van der Waals surface area (Å²) in [6.45, 7) is 3.49. The number of phenols is 1. The van der Waals surface area contributed by atoms with E-state index in [0.717, 1.165) is 34.1 Å². The summed E-state index contributed by atoms with van der Waals surface area (Å²) in [6, 6.07) is 22.7. The van der Waals surface area contributed by atoms with Crippen molar-refractivity contribution in [2.75, 3.05) is 18.1 Å². The number of hydrogen-bond donors (Lipinski definition) is 2. The summed E-state index contributed by atoms with van der Waals surface area (Å²) in [6.07, 6.45) is 4.47. The second kappa shape index (κ2) is 11.4. The molecule has 9 nitrogen and oxygen atoms in total. The Labute approximate surface area is 243 Å². The fourth-order valence-corrected chi connectivity index (χ4v) is 5.54. The van der Waals surface area contributed by atoms with Gasteiger partial charge < -0.3 is 24.6 Å². The number of benzene rings is 3. The van der Waals surface area contributed by atoms with E-state index in [9.17, 15) is 14.7 Å². The molecule has 0 saturated heterocycles. The third-order valence-electron chi connectivity index (χ3n) is 7.77. The van der Waals surface area contributed by atoms with Crippen LogP contribution >= 0.6 is 0 Å². The molecule has 5 aromatic rings. The molecule has 2 N–H and O–H groups in total. The molecule has 0 aliphatic carbocycles. The van der Waals surface area contributed by atoms with Gasteiger partial charge in [0.15, 0.2) is 5.69 Å². The van der Waals surface area contributed by atoms with Crippen molar-refractivity contribution >= 4 is 28.5 Å². The van der Waals surface area contributed by atoms with E-state index >= 15 is 0 Å². The molecule has 6 rings (SSSR count). The molecule has 3 heterocycles. The number of nitrogens with one attached hydrogen (secondary N) is 1. The lowest BCUT2D eigenvalue weighted by Gasteiger charge is -2.27. The highest BCUT2D eigenvalue weighted by molar-refractivity contribution is 6.04. The highest BCUT2D eigenvalue weighted by Crippen LogP contribution is 2.27. The van der Waals surface area contributed by atoms with Crippen LogP contribution in [-0.4, -0.2) is 50.5 Å². The zero-order valence-corrected chi connectivity index (χ0v) is 23.7. The second-order valence-corrected chi connectivity index (χ2v) is 10.8. The SMILES string of the molecule is Cc1cc(O)ccc1CN1C[C@@H](COC(=O)c2cn(C)c3ccccc23)NC(=O)c2nn(CCc3ccccc3)cc21. The van der Waals surface area contributed by atoms with Gasteiger partial charge in [-0.25, -0.2) is 4.79 Å². The fourth-order valence-electron chi connectivity index (χ4n) is 5.54. The van der Waals surface area contributed by atoms with Crippen LogP contribution in [-0.2, 0) is 31.3 Å². The van der Waals surface area contributed by atoms with Crippen LogP contribution in [0.5, 0.6) is 5.75 Å². The van der Waals surface area contributed by atoms with Crippen LogP contribution in [0.1, 0.15) is 37.5 Å². The van der Waals surface area contributed by atoms with Gasteiger partial charge in [0.25, 0.3) is 5.91 Å². The Hall–Kier alpha value is -5.05. The highest BCUT2D eigenvalue weighted by Gasteiger charge is 2.31. The van der Waals surface area contributed by atoms with Crippen molar-refractivity contribution in [1.29, 1.82) is 0 Å². The zero-order valence-electron chi connectivity index (χ0n) is 23.7. The zero-order chi connectivity index (χ0) is 29.2. The third-order valence-corrected chi connectivity index (χ3v) is 7.77. The second-order valence-electron chi connectivity index (χ2n) is 10.8. The first-order chi connectivity index (χ1) is 20.4. The Bertz CT molecular complexity index is 1760. The predicted octanol–water partition coefficient (Wildman–Crippen LogP) is 4.61. The third kappa shape index (κ3) is 5.58. The van der Waals surface area contributed by atoms with Gasteiger partial charge in [0.1, 0.15) is 12.4 Å². The number of nitrogens with zero attached hydrogens (tertiary/aromatic N) is 4. The molecule has 1 aliphatic rings. The number of anilines is 1. The van der Waals surface area contributed by atoms with Gasteiger partial charge in [0.2, 0.25) is 0 Å². The first-order valence-electron chi connectivity index (χ1n) is 14.0. The molecule has 1 amide bonds. The Balaban J connectivity index is 1.23. The van der Waals surface area contributed by atoms with Gasteiger partial charge >= 0.3 is 5.97 Å². The van der Waals surface area contributed by atoms with Crippen LogP contribution in [0.2, 0.25) is 0 Å². The van der Waals surface area contributed by atoms with Crippen molar-refractivity contribution in [1.82, 2.24) is 19.7 Å². The lowest BCUT2D eigenvalue weighted by molar-refractivity contribution is 0.0462. The van der Waals surface area contributed by atoms with E-state index < -0.39 is 12.0 Å². The maximum absolute atomic E-state index is 13.4. The van der Waals surface area contributed by atoms with Crippen molar-refractivity contribution in [3.63, 3.8) is 0 Å². The summed E-state index contributed by atoms with van der Waals surface area (Å²) in [4.78, 5) is 28.6. The number of phenolic OH excluding ortho intramolecular Hbond substituents is 1. The van der Waals surface area contributed by atoms with Crippen molar-refractivity contribution in [3.05, 3.63) is 113 Å². The number of ether oxygens (including phenoxy) is 1. The van der Waals surface area contributed by atoms with Gasteiger partial charge in [-0.05, 0) is 48.2 Å². The summed E-state index contributed by atoms with van der Waals surface area (Å²) >= 11 is 0. The first kappa shape index (κ1) is 27.1. The van der Waals surface area contributed by atoms with Crippen LogP contribution in [0, 0.1) is 6.92 Å². The van der Waals surface area contributed by atoms with Crippen LogP contribution < -0.4 is 10.2 Å². The molecule has 2 aromatic heterocycles. The molecule has 1 atom stereocenters. The molecule has 9 heteroatoms. The maximum Gasteiger partial charge on any atom is 0.340 e. The molecule has 0 fully saturated rings. The molecule has 42 heavy (non-hydrogen) atoms. The summed E-state index contributed by atoms with van der Waals surface area (Å²) in [7, 11) is 1.89. The van der Waals surface area contributed by atoms with Crippen LogP contribution in [0.4, 0.5) is 5.69 Å². The van der Waals surface area contributed by atoms with Gasteiger partial charge in [0.05, 0.1) is 17.3 Å². The van der Waals surface area contributed by atoms with Crippen LogP contribution in [0.15, 0.2) is 85.2 Å². The Kier molecular flexibility index (Phi) is 7.39. The standard InChI is InChI=1S/C33H33N5O4/c1-22-16-26(39)13-12-24(22)17-37-18-25(21-42-33(41)28-19-36(2)29-11-7-6-10-27(28)29)34-32(40)31-30(37)20-38(35-31)15-14-23-8-4-3-5-9-23/h3-13,16,19-20,25,39H,14-15,17-18,21H2,1-2H3,(H,34,40)/t25-/m0/s1. The number of aromatic hydroxyl groups is 1. The van der Waals surface area contributed by atoms with Gasteiger partial charge in [0, 0.05) is 50.0 Å². The summed E-state index contributed by atoms with van der Waals surface area (Å²) in [5, 5.41) is 18.4. The molecular weight excluding hydrogens is 530 g/mol. The number of amides is 1. The number of carbonyl (C=O) groups excluding carboxylic acids is 2. The normalized spacial score (nSPS) is 14.9. The molecule has 3 aromatic carbocycles. The van der Waals surface area contributed by atoms with Gasteiger partial charge in [-0.15, -0.1) is 0 Å². The van der Waals surface area contributed by atoms with E-state index in [4.69, 9.17) is 4.74 Å². The number of aromatic nitrogens is 3. The molecule has 214 valence electrons. The minimum absolute atomic E-state index is 0.0110. The average molecular weight is 564 g/mol.